The predicted molar refractivity (Wildman–Crippen MR) is 75.4 cm³/mol. The van der Waals surface area contributed by atoms with Crippen molar-refractivity contribution in [3.05, 3.63) is 57.8 Å². The Kier molecular flexibility index (Phi) is 4.00. The molecule has 0 saturated carbocycles. The third-order valence-corrected chi connectivity index (χ3v) is 3.35. The molecular formula is C15H12BrFO2. The molecule has 0 fully saturated rings. The van der Waals surface area contributed by atoms with E-state index < -0.39 is 5.82 Å². The van der Waals surface area contributed by atoms with Crippen LogP contribution in [-0.4, -0.2) is 5.78 Å². The zero-order chi connectivity index (χ0) is 14.0. The van der Waals surface area contributed by atoms with E-state index in [9.17, 15) is 9.18 Å². The molecule has 0 amide bonds. The topological polar surface area (TPSA) is 26.3 Å². The van der Waals surface area contributed by atoms with E-state index in [4.69, 9.17) is 4.74 Å². The van der Waals surface area contributed by atoms with Crippen LogP contribution in [-0.2, 0) is 0 Å². The molecule has 0 unspecified atom stereocenters. The Morgan fingerprint density at radius 1 is 1.21 bits per heavy atom. The summed E-state index contributed by atoms with van der Waals surface area (Å²) in [5.74, 6) is 0.292. The molecule has 0 aliphatic heterocycles. The summed E-state index contributed by atoms with van der Waals surface area (Å²) in [5, 5.41) is 0. The van der Waals surface area contributed by atoms with E-state index in [1.807, 2.05) is 18.2 Å². The standard InChI is InChI=1S/C15H12BrFO2/c1-9-7-15(11(10(2)18)8-13(9)17)19-14-6-4-3-5-12(14)16/h3-8H,1-2H3. The van der Waals surface area contributed by atoms with Gasteiger partial charge < -0.3 is 4.74 Å². The molecule has 2 aromatic rings. The van der Waals surface area contributed by atoms with Gasteiger partial charge in [-0.05, 0) is 59.6 Å². The predicted octanol–water partition coefficient (Wildman–Crippen LogP) is 4.89. The monoisotopic (exact) mass is 322 g/mol. The summed E-state index contributed by atoms with van der Waals surface area (Å²) in [7, 11) is 0. The van der Waals surface area contributed by atoms with Gasteiger partial charge in [-0.3, -0.25) is 4.79 Å². The number of Topliss-reactive ketones (excluding diaryl/α,β-unsaturated/α-hetero) is 1. The maximum Gasteiger partial charge on any atom is 0.163 e. The molecule has 2 nitrogen and oxygen atoms in total. The Morgan fingerprint density at radius 3 is 2.53 bits per heavy atom. The normalized spacial score (nSPS) is 10.3. The Labute approximate surface area is 119 Å². The summed E-state index contributed by atoms with van der Waals surface area (Å²) in [4.78, 5) is 11.5. The van der Waals surface area contributed by atoms with Crippen LogP contribution in [0.25, 0.3) is 0 Å². The van der Waals surface area contributed by atoms with E-state index >= 15 is 0 Å². The summed E-state index contributed by atoms with van der Waals surface area (Å²) in [6, 6.07) is 10.0. The van der Waals surface area contributed by atoms with E-state index in [0.717, 1.165) is 4.47 Å². The number of halogens is 2. The number of hydrogen-bond acceptors (Lipinski definition) is 2. The quantitative estimate of drug-likeness (QED) is 0.752. The molecule has 2 aromatic carbocycles. The highest BCUT2D eigenvalue weighted by atomic mass is 79.9. The molecule has 0 atom stereocenters. The van der Waals surface area contributed by atoms with Gasteiger partial charge >= 0.3 is 0 Å². The first-order chi connectivity index (χ1) is 8.99. The highest BCUT2D eigenvalue weighted by Crippen LogP contribution is 2.32. The lowest BCUT2D eigenvalue weighted by atomic mass is 10.1. The molecule has 0 N–H and O–H groups in total. The highest BCUT2D eigenvalue weighted by Gasteiger charge is 2.14. The number of rotatable bonds is 3. The molecule has 4 heteroatoms. The van der Waals surface area contributed by atoms with Crippen LogP contribution in [0, 0.1) is 12.7 Å². The van der Waals surface area contributed by atoms with E-state index in [2.05, 4.69) is 15.9 Å². The number of carbonyl (C=O) groups is 1. The van der Waals surface area contributed by atoms with Gasteiger partial charge in [0.15, 0.2) is 5.78 Å². The fourth-order valence-electron chi connectivity index (χ4n) is 1.66. The maximum absolute atomic E-state index is 13.5. The summed E-state index contributed by atoms with van der Waals surface area (Å²) < 4.78 is 20.0. The first-order valence-corrected chi connectivity index (χ1v) is 6.52. The summed E-state index contributed by atoms with van der Waals surface area (Å²) >= 11 is 3.36. The van der Waals surface area contributed by atoms with Crippen LogP contribution in [0.5, 0.6) is 11.5 Å². The van der Waals surface area contributed by atoms with Gasteiger partial charge in [-0.25, -0.2) is 4.39 Å². The zero-order valence-electron chi connectivity index (χ0n) is 10.5. The van der Waals surface area contributed by atoms with Crippen molar-refractivity contribution >= 4 is 21.7 Å². The average molecular weight is 323 g/mol. The molecule has 0 spiro atoms. The van der Waals surface area contributed by atoms with Crippen LogP contribution in [0.1, 0.15) is 22.8 Å². The number of carbonyl (C=O) groups excluding carboxylic acids is 1. The van der Waals surface area contributed by atoms with Crippen molar-refractivity contribution in [1.29, 1.82) is 0 Å². The van der Waals surface area contributed by atoms with Gasteiger partial charge in [0, 0.05) is 0 Å². The van der Waals surface area contributed by atoms with Crippen molar-refractivity contribution in [2.45, 2.75) is 13.8 Å². The van der Waals surface area contributed by atoms with Crippen molar-refractivity contribution in [3.63, 3.8) is 0 Å². The first-order valence-electron chi connectivity index (χ1n) is 5.72. The van der Waals surface area contributed by atoms with E-state index in [1.54, 1.807) is 13.0 Å². The first kappa shape index (κ1) is 13.7. The van der Waals surface area contributed by atoms with Gasteiger partial charge in [-0.1, -0.05) is 12.1 Å². The van der Waals surface area contributed by atoms with Crippen LogP contribution >= 0.6 is 15.9 Å². The third kappa shape index (κ3) is 3.01. The Balaban J connectivity index is 2.48. The summed E-state index contributed by atoms with van der Waals surface area (Å²) in [6.07, 6.45) is 0. The molecule has 0 radical (unpaired) electrons. The number of benzene rings is 2. The number of hydrogen-bond donors (Lipinski definition) is 0. The van der Waals surface area contributed by atoms with Crippen molar-refractivity contribution in [3.8, 4) is 11.5 Å². The second-order valence-electron chi connectivity index (χ2n) is 4.19. The van der Waals surface area contributed by atoms with E-state index in [0.29, 0.717) is 17.1 Å². The van der Waals surface area contributed by atoms with Crippen LogP contribution in [0.4, 0.5) is 4.39 Å². The van der Waals surface area contributed by atoms with Gasteiger partial charge in [-0.2, -0.15) is 0 Å². The van der Waals surface area contributed by atoms with Gasteiger partial charge in [0.1, 0.15) is 17.3 Å². The summed E-state index contributed by atoms with van der Waals surface area (Å²) in [6.45, 7) is 3.02. The molecule has 2 rings (SSSR count). The molecule has 0 aliphatic rings. The van der Waals surface area contributed by atoms with Crippen molar-refractivity contribution in [2.24, 2.45) is 0 Å². The van der Waals surface area contributed by atoms with Crippen LogP contribution < -0.4 is 4.74 Å². The zero-order valence-corrected chi connectivity index (χ0v) is 12.1. The molecule has 0 heterocycles. The van der Waals surface area contributed by atoms with Gasteiger partial charge in [0.25, 0.3) is 0 Å². The van der Waals surface area contributed by atoms with Crippen molar-refractivity contribution < 1.29 is 13.9 Å². The minimum atomic E-state index is -0.412. The molecule has 0 aliphatic carbocycles. The minimum absolute atomic E-state index is 0.235. The Morgan fingerprint density at radius 2 is 1.89 bits per heavy atom. The fraction of sp³-hybridized carbons (Fsp3) is 0.133. The molecule has 0 aromatic heterocycles. The Hall–Kier alpha value is -1.68. The molecule has 98 valence electrons. The van der Waals surface area contributed by atoms with Crippen molar-refractivity contribution in [2.75, 3.05) is 0 Å². The lowest BCUT2D eigenvalue weighted by Crippen LogP contribution is -2.00. The molecule has 0 saturated heterocycles. The maximum atomic E-state index is 13.5. The van der Waals surface area contributed by atoms with Gasteiger partial charge in [0.2, 0.25) is 0 Å². The fourth-order valence-corrected chi connectivity index (χ4v) is 2.03. The summed E-state index contributed by atoms with van der Waals surface area (Å²) in [5.41, 5.74) is 0.672. The van der Waals surface area contributed by atoms with E-state index in [1.165, 1.54) is 19.1 Å². The lowest BCUT2D eigenvalue weighted by Gasteiger charge is -2.12. The van der Waals surface area contributed by atoms with Crippen LogP contribution in [0.15, 0.2) is 40.9 Å². The third-order valence-electron chi connectivity index (χ3n) is 2.70. The minimum Gasteiger partial charge on any atom is -0.455 e. The number of ether oxygens (including phenoxy) is 1. The SMILES string of the molecule is CC(=O)c1cc(F)c(C)cc1Oc1ccccc1Br. The van der Waals surface area contributed by atoms with Crippen LogP contribution in [0.2, 0.25) is 0 Å². The smallest absolute Gasteiger partial charge is 0.163 e. The number of ketones is 1. The largest absolute Gasteiger partial charge is 0.455 e. The average Bonchev–Trinajstić information content (AvgIpc) is 2.36. The Bertz CT molecular complexity index is 638. The van der Waals surface area contributed by atoms with Gasteiger partial charge in [0.05, 0.1) is 10.0 Å². The number of para-hydroxylation sites is 1. The molecule has 0 bridgehead atoms. The molecular weight excluding hydrogens is 311 g/mol. The second-order valence-corrected chi connectivity index (χ2v) is 5.04. The second kappa shape index (κ2) is 5.53. The number of aryl methyl sites for hydroxylation is 1. The van der Waals surface area contributed by atoms with Crippen molar-refractivity contribution in [1.82, 2.24) is 0 Å². The van der Waals surface area contributed by atoms with Crippen LogP contribution in [0.3, 0.4) is 0 Å². The highest BCUT2D eigenvalue weighted by molar-refractivity contribution is 9.10. The van der Waals surface area contributed by atoms with Gasteiger partial charge in [-0.15, -0.1) is 0 Å². The van der Waals surface area contributed by atoms with E-state index in [-0.39, 0.29) is 11.3 Å². The molecule has 19 heavy (non-hydrogen) atoms. The lowest BCUT2D eigenvalue weighted by molar-refractivity contribution is 0.101.